The molecule has 0 radical (unpaired) electrons. The van der Waals surface area contributed by atoms with Crippen LogP contribution in [0.1, 0.15) is 37.2 Å². The lowest BCUT2D eigenvalue weighted by Gasteiger charge is -2.33. The van der Waals surface area contributed by atoms with Gasteiger partial charge in [0.05, 0.1) is 0 Å². The zero-order valence-corrected chi connectivity index (χ0v) is 17.3. The Morgan fingerprint density at radius 2 is 1.69 bits per heavy atom. The van der Waals surface area contributed by atoms with Gasteiger partial charge in [0, 0.05) is 50.9 Å². The van der Waals surface area contributed by atoms with Crippen LogP contribution in [0.5, 0.6) is 0 Å². The number of rotatable bonds is 8. The molecule has 0 N–H and O–H groups in total. The molecular weight excluding hydrogens is 366 g/mol. The molecule has 1 aliphatic rings. The van der Waals surface area contributed by atoms with Crippen LogP contribution in [0.15, 0.2) is 36.4 Å². The van der Waals surface area contributed by atoms with Crippen LogP contribution in [0.4, 0.5) is 5.82 Å². The zero-order valence-electron chi connectivity index (χ0n) is 17.3. The van der Waals surface area contributed by atoms with Crippen molar-refractivity contribution in [3.63, 3.8) is 0 Å². The quantitative estimate of drug-likeness (QED) is 0.643. The highest BCUT2D eigenvalue weighted by molar-refractivity contribution is 5.93. The maximum absolute atomic E-state index is 13.2. The Labute approximate surface area is 172 Å². The van der Waals surface area contributed by atoms with Crippen molar-refractivity contribution in [1.29, 1.82) is 0 Å². The molecule has 0 spiro atoms. The first-order valence-electron chi connectivity index (χ1n) is 10.3. The highest BCUT2D eigenvalue weighted by Gasteiger charge is 2.22. The normalized spacial score (nSPS) is 14.0. The summed E-state index contributed by atoms with van der Waals surface area (Å²) in [5.41, 5.74) is 1.31. The second-order valence-electron chi connectivity index (χ2n) is 7.22. The predicted molar refractivity (Wildman–Crippen MR) is 114 cm³/mol. The first kappa shape index (κ1) is 20.8. The minimum atomic E-state index is -0.0546. The van der Waals surface area contributed by atoms with Crippen molar-refractivity contribution < 1.29 is 9.59 Å². The monoisotopic (exact) mass is 395 g/mol. The van der Waals surface area contributed by atoms with Crippen molar-refractivity contribution in [2.45, 2.75) is 26.7 Å². The summed E-state index contributed by atoms with van der Waals surface area (Å²) < 4.78 is 0. The molecule has 0 bridgehead atoms. The highest BCUT2D eigenvalue weighted by atomic mass is 16.2. The second kappa shape index (κ2) is 10.0. The summed E-state index contributed by atoms with van der Waals surface area (Å²) in [6.07, 6.45) is 2.70. The van der Waals surface area contributed by atoms with Gasteiger partial charge in [0.1, 0.15) is 11.5 Å². The van der Waals surface area contributed by atoms with Gasteiger partial charge in [-0.2, -0.15) is 0 Å². The lowest BCUT2D eigenvalue weighted by Crippen LogP contribution is -2.46. The van der Waals surface area contributed by atoms with Crippen molar-refractivity contribution in [2.24, 2.45) is 0 Å². The second-order valence-corrected chi connectivity index (χ2v) is 7.22. The Balaban J connectivity index is 1.97. The molecule has 0 unspecified atom stereocenters. The molecule has 7 heteroatoms. The van der Waals surface area contributed by atoms with E-state index in [0.29, 0.717) is 50.8 Å². The molecule has 2 aromatic rings. The van der Waals surface area contributed by atoms with E-state index in [1.807, 2.05) is 35.2 Å². The molecule has 154 valence electrons. The molecule has 1 saturated heterocycles. The van der Waals surface area contributed by atoms with Crippen molar-refractivity contribution in [1.82, 2.24) is 19.8 Å². The zero-order chi connectivity index (χ0) is 20.6. The standard InChI is InChI=1S/C22H29N5O2/c1-3-10-27(11-4-2)22(29)19-16-20(26-14-12-25(17-28)13-15-26)24-21(23-19)18-8-6-5-7-9-18/h5-9,16-17H,3-4,10-15H2,1-2H3. The van der Waals surface area contributed by atoms with Crippen LogP contribution in [0.3, 0.4) is 0 Å². The van der Waals surface area contributed by atoms with Crippen LogP contribution in [-0.2, 0) is 4.79 Å². The number of hydrogen-bond donors (Lipinski definition) is 0. The van der Waals surface area contributed by atoms with Crippen molar-refractivity contribution >= 4 is 18.1 Å². The smallest absolute Gasteiger partial charge is 0.272 e. The van der Waals surface area contributed by atoms with Gasteiger partial charge in [0.25, 0.3) is 5.91 Å². The molecule has 2 amide bonds. The van der Waals surface area contributed by atoms with Gasteiger partial charge in [-0.25, -0.2) is 9.97 Å². The van der Waals surface area contributed by atoms with E-state index in [1.165, 1.54) is 0 Å². The minimum Gasteiger partial charge on any atom is -0.353 e. The number of nitrogens with zero attached hydrogens (tertiary/aromatic N) is 5. The Kier molecular flexibility index (Phi) is 7.16. The average molecular weight is 396 g/mol. The molecule has 1 aliphatic heterocycles. The molecule has 2 heterocycles. The Hall–Kier alpha value is -2.96. The van der Waals surface area contributed by atoms with Gasteiger partial charge in [-0.05, 0) is 12.8 Å². The number of aromatic nitrogens is 2. The fraction of sp³-hybridized carbons (Fsp3) is 0.455. The van der Waals surface area contributed by atoms with E-state index in [0.717, 1.165) is 30.6 Å². The lowest BCUT2D eigenvalue weighted by atomic mass is 10.2. The summed E-state index contributed by atoms with van der Waals surface area (Å²) in [6.45, 7) is 8.24. The third-order valence-electron chi connectivity index (χ3n) is 5.03. The largest absolute Gasteiger partial charge is 0.353 e. The third kappa shape index (κ3) is 5.10. The number of carbonyl (C=O) groups excluding carboxylic acids is 2. The van der Waals surface area contributed by atoms with Crippen molar-refractivity contribution in [3.05, 3.63) is 42.1 Å². The molecule has 0 aliphatic carbocycles. The van der Waals surface area contributed by atoms with Gasteiger partial charge >= 0.3 is 0 Å². The molecule has 7 nitrogen and oxygen atoms in total. The summed E-state index contributed by atoms with van der Waals surface area (Å²) in [6, 6.07) is 11.5. The number of carbonyl (C=O) groups is 2. The topological polar surface area (TPSA) is 69.6 Å². The number of piperazine rings is 1. The molecule has 1 aromatic heterocycles. The maximum atomic E-state index is 13.2. The number of hydrogen-bond acceptors (Lipinski definition) is 5. The van der Waals surface area contributed by atoms with Gasteiger partial charge in [-0.15, -0.1) is 0 Å². The average Bonchev–Trinajstić information content (AvgIpc) is 2.79. The lowest BCUT2D eigenvalue weighted by molar-refractivity contribution is -0.118. The number of anilines is 1. The van der Waals surface area contributed by atoms with E-state index in [-0.39, 0.29) is 5.91 Å². The van der Waals surface area contributed by atoms with Crippen LogP contribution in [0.25, 0.3) is 11.4 Å². The molecule has 3 rings (SSSR count). The molecule has 1 fully saturated rings. The number of amides is 2. The van der Waals surface area contributed by atoms with Crippen LogP contribution in [0.2, 0.25) is 0 Å². The number of benzene rings is 1. The van der Waals surface area contributed by atoms with Crippen LogP contribution >= 0.6 is 0 Å². The molecular formula is C22H29N5O2. The molecule has 0 atom stereocenters. The van der Waals surface area contributed by atoms with Crippen molar-refractivity contribution in [3.8, 4) is 11.4 Å². The summed E-state index contributed by atoms with van der Waals surface area (Å²) >= 11 is 0. The van der Waals surface area contributed by atoms with E-state index in [2.05, 4.69) is 23.7 Å². The van der Waals surface area contributed by atoms with Gasteiger partial charge in [0.15, 0.2) is 5.82 Å². The van der Waals surface area contributed by atoms with Gasteiger partial charge in [0.2, 0.25) is 6.41 Å². The van der Waals surface area contributed by atoms with Crippen molar-refractivity contribution in [2.75, 3.05) is 44.2 Å². The van der Waals surface area contributed by atoms with Gasteiger partial charge in [-0.1, -0.05) is 44.2 Å². The Morgan fingerprint density at radius 3 is 2.28 bits per heavy atom. The SMILES string of the molecule is CCCN(CCC)C(=O)c1cc(N2CCN(C=O)CC2)nc(-c2ccccc2)n1. The van der Waals surface area contributed by atoms with E-state index in [1.54, 1.807) is 11.0 Å². The first-order chi connectivity index (χ1) is 14.2. The van der Waals surface area contributed by atoms with E-state index >= 15 is 0 Å². The highest BCUT2D eigenvalue weighted by Crippen LogP contribution is 2.22. The fourth-order valence-corrected chi connectivity index (χ4v) is 3.50. The fourth-order valence-electron chi connectivity index (χ4n) is 3.50. The van der Waals surface area contributed by atoms with E-state index in [4.69, 9.17) is 4.98 Å². The van der Waals surface area contributed by atoms with Crippen LogP contribution in [-0.4, -0.2) is 71.4 Å². The maximum Gasteiger partial charge on any atom is 0.272 e. The minimum absolute atomic E-state index is 0.0546. The summed E-state index contributed by atoms with van der Waals surface area (Å²) in [5.74, 6) is 1.24. The van der Waals surface area contributed by atoms with Crippen LogP contribution < -0.4 is 4.90 Å². The van der Waals surface area contributed by atoms with Gasteiger partial charge in [-0.3, -0.25) is 9.59 Å². The molecule has 1 aromatic carbocycles. The van der Waals surface area contributed by atoms with E-state index in [9.17, 15) is 9.59 Å². The van der Waals surface area contributed by atoms with Gasteiger partial charge < -0.3 is 14.7 Å². The first-order valence-corrected chi connectivity index (χ1v) is 10.3. The Morgan fingerprint density at radius 1 is 1.03 bits per heavy atom. The summed E-state index contributed by atoms with van der Waals surface area (Å²) in [4.78, 5) is 39.3. The molecule has 29 heavy (non-hydrogen) atoms. The summed E-state index contributed by atoms with van der Waals surface area (Å²) in [5, 5.41) is 0. The summed E-state index contributed by atoms with van der Waals surface area (Å²) in [7, 11) is 0. The van der Waals surface area contributed by atoms with E-state index < -0.39 is 0 Å². The third-order valence-corrected chi connectivity index (χ3v) is 5.03. The Bertz CT molecular complexity index is 813. The predicted octanol–water partition coefficient (Wildman–Crippen LogP) is 2.68. The van der Waals surface area contributed by atoms with Crippen LogP contribution in [0, 0.1) is 0 Å². The molecule has 0 saturated carbocycles.